The van der Waals surface area contributed by atoms with Gasteiger partial charge >= 0.3 is 6.08 Å². The molecule has 6 nitrogen and oxygen atoms in total. The molecule has 0 aliphatic carbocycles. The second-order valence-corrected chi connectivity index (χ2v) is 9.78. The Morgan fingerprint density at radius 3 is 2.36 bits per heavy atom. The number of hydrogen-bond acceptors (Lipinski definition) is 3. The molecule has 2 N–H and O–H groups in total. The lowest BCUT2D eigenvalue weighted by Gasteiger charge is -2.39. The van der Waals surface area contributed by atoms with Gasteiger partial charge in [0.2, 0.25) is 0 Å². The Balaban J connectivity index is 1.61. The molecule has 174 valence electrons. The number of hydrogen-bond donors (Lipinski definition) is 2. The van der Waals surface area contributed by atoms with Gasteiger partial charge in [-0.3, -0.25) is 4.68 Å². The van der Waals surface area contributed by atoms with Crippen molar-refractivity contribution in [1.29, 1.82) is 0 Å². The number of rotatable bonds is 6. The number of aromatic nitrogens is 2. The summed E-state index contributed by atoms with van der Waals surface area (Å²) in [6, 6.07) is 18.2. The Morgan fingerprint density at radius 1 is 1.15 bits per heavy atom. The quantitative estimate of drug-likeness (QED) is 0.529. The molecule has 0 saturated carbocycles. The van der Waals surface area contributed by atoms with E-state index in [0.29, 0.717) is 19.4 Å². The monoisotopic (exact) mass is 448 g/mol. The first kappa shape index (κ1) is 23.1. The first-order valence-electron chi connectivity index (χ1n) is 11.5. The van der Waals surface area contributed by atoms with Gasteiger partial charge in [-0.2, -0.15) is 9.67 Å². The maximum absolute atomic E-state index is 11.0. The molecule has 0 unspecified atom stereocenters. The van der Waals surface area contributed by atoms with Crippen molar-refractivity contribution < 1.29 is 19.5 Å². The van der Waals surface area contributed by atoms with E-state index < -0.39 is 11.2 Å². The average molecular weight is 449 g/mol. The molecular formula is C27H34N3O3+. The summed E-state index contributed by atoms with van der Waals surface area (Å²) in [5.41, 5.74) is 3.57. The minimum atomic E-state index is -0.940. The number of ether oxygens (including phenoxy) is 1. The van der Waals surface area contributed by atoms with Gasteiger partial charge in [-0.05, 0) is 31.9 Å². The van der Waals surface area contributed by atoms with Crippen LogP contribution in [0, 0.1) is 6.92 Å². The van der Waals surface area contributed by atoms with Gasteiger partial charge in [-0.25, -0.2) is 0 Å². The van der Waals surface area contributed by atoms with Crippen molar-refractivity contribution in [2.24, 2.45) is 7.05 Å². The highest BCUT2D eigenvalue weighted by atomic mass is 16.6. The van der Waals surface area contributed by atoms with Crippen LogP contribution < -0.4 is 0 Å². The summed E-state index contributed by atoms with van der Waals surface area (Å²) >= 11 is 0. The predicted octanol–water partition coefficient (Wildman–Crippen LogP) is 4.86. The standard InChI is InChI=1S/C27H33N3O3/c1-19-24(17-29(5)28-19)22-13-11-21(12-14-22)20(2)30-16-15-27(33-25(30)31,18-26(3,4)32)23-9-7-6-8-10-23/h6-14,17,20,32H,15-16,18H2,1-5H3/p+1/t20-,27-/m0/s1. The highest BCUT2D eigenvalue weighted by Crippen LogP contribution is 2.40. The van der Waals surface area contributed by atoms with Crippen molar-refractivity contribution in [1.82, 2.24) is 9.78 Å². The molecular weight excluding hydrogens is 414 g/mol. The van der Waals surface area contributed by atoms with E-state index in [-0.39, 0.29) is 12.1 Å². The van der Waals surface area contributed by atoms with E-state index in [1.165, 1.54) is 0 Å². The van der Waals surface area contributed by atoms with E-state index in [4.69, 9.17) is 4.74 Å². The topological polar surface area (TPSA) is 70.5 Å². The Hall–Kier alpha value is -3.12. The van der Waals surface area contributed by atoms with Crippen LogP contribution >= 0.6 is 0 Å². The largest absolute Gasteiger partial charge is 0.548 e. The molecule has 0 bridgehead atoms. The molecule has 4 rings (SSSR count). The third kappa shape index (κ3) is 4.81. The van der Waals surface area contributed by atoms with Crippen LogP contribution in [-0.2, 0) is 17.4 Å². The van der Waals surface area contributed by atoms with Crippen molar-refractivity contribution in [2.45, 2.75) is 57.8 Å². The van der Waals surface area contributed by atoms with Crippen LogP contribution in [0.1, 0.15) is 56.5 Å². The summed E-state index contributed by atoms with van der Waals surface area (Å²) in [7, 11) is 1.93. The van der Waals surface area contributed by atoms with E-state index in [9.17, 15) is 10.2 Å². The zero-order valence-corrected chi connectivity index (χ0v) is 20.1. The van der Waals surface area contributed by atoms with Crippen LogP contribution in [0.2, 0.25) is 0 Å². The van der Waals surface area contributed by atoms with Crippen molar-refractivity contribution in [3.63, 3.8) is 0 Å². The molecule has 0 saturated heterocycles. The summed E-state index contributed by atoms with van der Waals surface area (Å²) in [6.07, 6.45) is 2.96. The zero-order chi connectivity index (χ0) is 23.8. The van der Waals surface area contributed by atoms with E-state index in [1.54, 1.807) is 13.8 Å². The third-order valence-corrected chi connectivity index (χ3v) is 6.49. The fourth-order valence-electron chi connectivity index (χ4n) is 4.92. The first-order valence-corrected chi connectivity index (χ1v) is 11.5. The molecule has 0 amide bonds. The van der Waals surface area contributed by atoms with Gasteiger partial charge in [0.05, 0.1) is 17.7 Å². The summed E-state index contributed by atoms with van der Waals surface area (Å²) in [6.45, 7) is 8.24. The fraction of sp³-hybridized carbons (Fsp3) is 0.407. The molecule has 0 spiro atoms. The van der Waals surface area contributed by atoms with Crippen LogP contribution in [0.15, 0.2) is 60.8 Å². The summed E-state index contributed by atoms with van der Waals surface area (Å²) < 4.78 is 9.94. The van der Waals surface area contributed by atoms with E-state index in [2.05, 4.69) is 36.3 Å². The molecule has 1 aliphatic rings. The van der Waals surface area contributed by atoms with Crippen molar-refractivity contribution in [2.75, 3.05) is 6.54 Å². The Bertz CT molecular complexity index is 1140. The number of aliphatic hydroxyl groups excluding tert-OH is 1. The maximum Gasteiger partial charge on any atom is 0.548 e. The summed E-state index contributed by atoms with van der Waals surface area (Å²) in [4.78, 5) is 0. The normalized spacial score (nSPS) is 19.9. The SMILES string of the molecule is Cc1nn(C)cc1-c1ccc([C@H](C)[N+]2=C(O)O[C@@](CC(C)(C)O)(c3ccccc3)CC2)cc1. The van der Waals surface area contributed by atoms with Gasteiger partial charge in [0.25, 0.3) is 0 Å². The van der Waals surface area contributed by atoms with Crippen LogP contribution in [0.4, 0.5) is 0 Å². The first-order chi connectivity index (χ1) is 15.6. The maximum atomic E-state index is 11.0. The summed E-state index contributed by atoms with van der Waals surface area (Å²) in [5.74, 6) is 0. The Labute approximate surface area is 195 Å². The third-order valence-electron chi connectivity index (χ3n) is 6.49. The zero-order valence-electron chi connectivity index (χ0n) is 20.1. The number of aryl methyl sites for hydroxylation is 2. The van der Waals surface area contributed by atoms with Crippen LogP contribution in [0.5, 0.6) is 0 Å². The molecule has 0 radical (unpaired) electrons. The van der Waals surface area contributed by atoms with E-state index >= 15 is 0 Å². The minimum absolute atomic E-state index is 0.0649. The molecule has 0 fully saturated rings. The minimum Gasteiger partial charge on any atom is -0.430 e. The molecule has 1 aromatic heterocycles. The Kier molecular flexibility index (Phi) is 6.06. The average Bonchev–Trinajstić information content (AvgIpc) is 3.11. The number of benzene rings is 2. The van der Waals surface area contributed by atoms with Crippen molar-refractivity contribution in [3.8, 4) is 11.1 Å². The predicted molar refractivity (Wildman–Crippen MR) is 129 cm³/mol. The fourth-order valence-corrected chi connectivity index (χ4v) is 4.92. The lowest BCUT2D eigenvalue weighted by atomic mass is 9.80. The molecule has 2 heterocycles. The van der Waals surface area contributed by atoms with Gasteiger partial charge in [0, 0.05) is 37.7 Å². The molecule has 6 heteroatoms. The van der Waals surface area contributed by atoms with E-state index in [0.717, 1.165) is 27.9 Å². The molecule has 33 heavy (non-hydrogen) atoms. The number of aliphatic hydroxyl groups is 2. The van der Waals surface area contributed by atoms with Crippen LogP contribution in [0.3, 0.4) is 0 Å². The molecule has 3 aromatic rings. The van der Waals surface area contributed by atoms with Crippen LogP contribution in [0.25, 0.3) is 11.1 Å². The van der Waals surface area contributed by atoms with Crippen molar-refractivity contribution >= 4 is 6.08 Å². The lowest BCUT2D eigenvalue weighted by molar-refractivity contribution is -0.598. The summed E-state index contributed by atoms with van der Waals surface area (Å²) in [5, 5.41) is 26.0. The smallest absolute Gasteiger partial charge is 0.430 e. The number of nitrogens with zero attached hydrogens (tertiary/aromatic N) is 3. The molecule has 2 aromatic carbocycles. The molecule has 1 aliphatic heterocycles. The van der Waals surface area contributed by atoms with Gasteiger partial charge in [0.1, 0.15) is 0 Å². The Morgan fingerprint density at radius 2 is 1.82 bits per heavy atom. The van der Waals surface area contributed by atoms with Gasteiger partial charge in [-0.1, -0.05) is 54.6 Å². The van der Waals surface area contributed by atoms with Gasteiger partial charge in [0.15, 0.2) is 18.2 Å². The van der Waals surface area contributed by atoms with Crippen molar-refractivity contribution in [3.05, 3.63) is 77.6 Å². The second-order valence-electron chi connectivity index (χ2n) is 9.78. The molecule has 2 atom stereocenters. The second kappa shape index (κ2) is 8.67. The van der Waals surface area contributed by atoms with E-state index in [1.807, 2.05) is 59.8 Å². The van der Waals surface area contributed by atoms with Gasteiger partial charge in [-0.15, -0.1) is 0 Å². The highest BCUT2D eigenvalue weighted by Gasteiger charge is 2.47. The highest BCUT2D eigenvalue weighted by molar-refractivity contribution is 5.65. The lowest BCUT2D eigenvalue weighted by Crippen LogP contribution is -2.47. The van der Waals surface area contributed by atoms with Crippen LogP contribution in [-0.4, -0.2) is 42.8 Å². The van der Waals surface area contributed by atoms with Gasteiger partial charge < -0.3 is 14.9 Å².